The minimum absolute atomic E-state index is 0.0244. The van der Waals surface area contributed by atoms with E-state index >= 15 is 0 Å². The van der Waals surface area contributed by atoms with E-state index in [-0.39, 0.29) is 12.2 Å². The molecule has 0 amide bonds. The van der Waals surface area contributed by atoms with E-state index in [1.807, 2.05) is 31.6 Å². The zero-order valence-electron chi connectivity index (χ0n) is 21.4. The fourth-order valence-corrected chi connectivity index (χ4v) is 5.39. The molecule has 4 heteroatoms. The first-order valence-electron chi connectivity index (χ1n) is 12.7. The highest BCUT2D eigenvalue weighted by Crippen LogP contribution is 2.48. The van der Waals surface area contributed by atoms with Gasteiger partial charge in [0, 0.05) is 36.3 Å². The van der Waals surface area contributed by atoms with Gasteiger partial charge in [0.1, 0.15) is 0 Å². The number of para-hydroxylation sites is 1. The van der Waals surface area contributed by atoms with Crippen LogP contribution >= 0.6 is 0 Å². The van der Waals surface area contributed by atoms with E-state index in [0.29, 0.717) is 0 Å². The Hall–Kier alpha value is -3.60. The lowest BCUT2D eigenvalue weighted by Gasteiger charge is -2.45. The zero-order chi connectivity index (χ0) is 25.1. The third-order valence-electron chi connectivity index (χ3n) is 6.86. The van der Waals surface area contributed by atoms with Gasteiger partial charge in [0.05, 0.1) is 12.2 Å². The Kier molecular flexibility index (Phi) is 6.82. The molecule has 36 heavy (non-hydrogen) atoms. The number of ether oxygens (including phenoxy) is 2. The van der Waals surface area contributed by atoms with Gasteiger partial charge < -0.3 is 20.1 Å². The van der Waals surface area contributed by atoms with Crippen LogP contribution in [0.3, 0.4) is 0 Å². The Morgan fingerprint density at radius 2 is 1.44 bits per heavy atom. The molecule has 184 valence electrons. The molecule has 2 N–H and O–H groups in total. The highest BCUT2D eigenvalue weighted by Gasteiger charge is 2.46. The van der Waals surface area contributed by atoms with Crippen LogP contribution in [0.1, 0.15) is 37.0 Å². The van der Waals surface area contributed by atoms with Crippen molar-refractivity contribution in [3.05, 3.63) is 114 Å². The van der Waals surface area contributed by atoms with Gasteiger partial charge in [0.15, 0.2) is 0 Å². The van der Waals surface area contributed by atoms with Crippen molar-refractivity contribution in [2.45, 2.75) is 45.2 Å². The van der Waals surface area contributed by atoms with Gasteiger partial charge in [-0.3, -0.25) is 0 Å². The quantitative estimate of drug-likeness (QED) is 0.304. The Labute approximate surface area is 214 Å². The smallest absolute Gasteiger partial charge is 0.225 e. The molecule has 0 aromatic heterocycles. The van der Waals surface area contributed by atoms with Crippen molar-refractivity contribution in [2.24, 2.45) is 0 Å². The number of nitrogens with one attached hydrogen (secondary N) is 2. The van der Waals surface area contributed by atoms with Crippen LogP contribution in [0.25, 0.3) is 21.9 Å². The van der Waals surface area contributed by atoms with Crippen LogP contribution in [-0.2, 0) is 15.3 Å². The lowest BCUT2D eigenvalue weighted by molar-refractivity contribution is -0.297. The van der Waals surface area contributed by atoms with Crippen molar-refractivity contribution >= 4 is 16.5 Å². The summed E-state index contributed by atoms with van der Waals surface area (Å²) < 4.78 is 13.8. The first-order chi connectivity index (χ1) is 17.5. The summed E-state index contributed by atoms with van der Waals surface area (Å²) in [6.07, 6.45) is 4.65. The van der Waals surface area contributed by atoms with E-state index in [4.69, 9.17) is 9.47 Å². The number of rotatable bonds is 6. The highest BCUT2D eigenvalue weighted by molar-refractivity contribution is 5.99. The average molecular weight is 479 g/mol. The van der Waals surface area contributed by atoms with E-state index in [1.165, 1.54) is 21.9 Å². The fraction of sp³-hybridized carbons (Fsp3) is 0.250. The van der Waals surface area contributed by atoms with Crippen molar-refractivity contribution < 1.29 is 9.47 Å². The minimum atomic E-state index is -1.08. The third-order valence-corrected chi connectivity index (χ3v) is 6.86. The van der Waals surface area contributed by atoms with Gasteiger partial charge in [-0.05, 0) is 60.7 Å². The summed E-state index contributed by atoms with van der Waals surface area (Å²) in [5, 5.41) is 8.91. The Balaban J connectivity index is 1.80. The standard InChI is InChI=1S/C32H34N2O2/c1-22-17-18-25-11-5-6-12-26(25)31(22)27-13-7-8-14-28(27)32(35-23(2)21-24(3)36-32)29-15-9-10-16-30(29)34-20-19-33-4/h5-20,23-24,33-34H,21H2,1-4H3/b20-19-. The van der Waals surface area contributed by atoms with Gasteiger partial charge in [-0.1, -0.05) is 78.9 Å². The summed E-state index contributed by atoms with van der Waals surface area (Å²) >= 11 is 0. The second-order valence-corrected chi connectivity index (χ2v) is 9.55. The molecule has 4 aromatic rings. The number of hydrogen-bond donors (Lipinski definition) is 2. The number of hydrogen-bond acceptors (Lipinski definition) is 4. The molecule has 1 saturated heterocycles. The predicted molar refractivity (Wildman–Crippen MR) is 149 cm³/mol. The lowest BCUT2D eigenvalue weighted by atomic mass is 9.84. The normalized spacial score (nSPS) is 22.1. The van der Waals surface area contributed by atoms with E-state index in [9.17, 15) is 0 Å². The molecular formula is C32H34N2O2. The maximum Gasteiger partial charge on any atom is 0.225 e. The number of benzene rings is 4. The Bertz CT molecular complexity index is 1380. The highest BCUT2D eigenvalue weighted by atomic mass is 16.7. The second kappa shape index (κ2) is 10.2. The number of aryl methyl sites for hydroxylation is 1. The Morgan fingerprint density at radius 3 is 2.22 bits per heavy atom. The molecule has 0 bridgehead atoms. The third kappa shape index (κ3) is 4.39. The number of anilines is 1. The monoisotopic (exact) mass is 478 g/mol. The molecular weight excluding hydrogens is 444 g/mol. The van der Waals surface area contributed by atoms with Gasteiger partial charge in [-0.2, -0.15) is 0 Å². The first-order valence-corrected chi connectivity index (χ1v) is 12.7. The van der Waals surface area contributed by atoms with E-state index in [0.717, 1.165) is 28.8 Å². The summed E-state index contributed by atoms with van der Waals surface area (Å²) in [7, 11) is 1.88. The topological polar surface area (TPSA) is 42.5 Å². The number of fused-ring (bicyclic) bond motifs is 1. The largest absolute Gasteiger partial charge is 0.393 e. The molecule has 1 aliphatic heterocycles. The van der Waals surface area contributed by atoms with Gasteiger partial charge >= 0.3 is 0 Å². The summed E-state index contributed by atoms with van der Waals surface area (Å²) in [4.78, 5) is 0. The van der Waals surface area contributed by atoms with Crippen LogP contribution in [0.5, 0.6) is 0 Å². The summed E-state index contributed by atoms with van der Waals surface area (Å²) in [5.74, 6) is -1.08. The van der Waals surface area contributed by atoms with Gasteiger partial charge in [-0.25, -0.2) is 0 Å². The van der Waals surface area contributed by atoms with Crippen molar-refractivity contribution in [2.75, 3.05) is 12.4 Å². The molecule has 1 heterocycles. The van der Waals surface area contributed by atoms with Crippen LogP contribution < -0.4 is 10.6 Å². The predicted octanol–water partition coefficient (Wildman–Crippen LogP) is 7.33. The first kappa shape index (κ1) is 24.1. The molecule has 2 atom stereocenters. The molecule has 5 rings (SSSR count). The van der Waals surface area contributed by atoms with Gasteiger partial charge in [0.25, 0.3) is 0 Å². The molecule has 0 radical (unpaired) electrons. The molecule has 1 fully saturated rings. The summed E-state index contributed by atoms with van der Waals surface area (Å²) in [6, 6.07) is 29.7. The fourth-order valence-electron chi connectivity index (χ4n) is 5.39. The second-order valence-electron chi connectivity index (χ2n) is 9.55. The molecule has 0 aliphatic carbocycles. The van der Waals surface area contributed by atoms with Crippen molar-refractivity contribution in [3.8, 4) is 11.1 Å². The summed E-state index contributed by atoms with van der Waals surface area (Å²) in [6.45, 7) is 6.45. The van der Waals surface area contributed by atoms with Gasteiger partial charge in [0.2, 0.25) is 5.79 Å². The van der Waals surface area contributed by atoms with Gasteiger partial charge in [-0.15, -0.1) is 0 Å². The van der Waals surface area contributed by atoms with E-state index in [1.54, 1.807) is 0 Å². The average Bonchev–Trinajstić information content (AvgIpc) is 2.88. The summed E-state index contributed by atoms with van der Waals surface area (Å²) in [5.41, 5.74) is 6.45. The SMILES string of the molecule is CN/C=C\Nc1ccccc1C1(c2ccccc2-c2c(C)ccc3ccccc23)OC(C)CC(C)O1. The minimum Gasteiger partial charge on any atom is -0.393 e. The maximum atomic E-state index is 6.88. The maximum absolute atomic E-state index is 6.88. The van der Waals surface area contributed by atoms with Crippen molar-refractivity contribution in [3.63, 3.8) is 0 Å². The van der Waals surface area contributed by atoms with Crippen LogP contribution in [0.4, 0.5) is 5.69 Å². The van der Waals surface area contributed by atoms with Crippen LogP contribution in [-0.4, -0.2) is 19.3 Å². The molecule has 1 aliphatic rings. The van der Waals surface area contributed by atoms with Crippen molar-refractivity contribution in [1.29, 1.82) is 0 Å². The van der Waals surface area contributed by atoms with Crippen molar-refractivity contribution in [1.82, 2.24) is 5.32 Å². The molecule has 4 nitrogen and oxygen atoms in total. The molecule has 4 aromatic carbocycles. The van der Waals surface area contributed by atoms with Crippen LogP contribution in [0.15, 0.2) is 97.3 Å². The molecule has 0 spiro atoms. The Morgan fingerprint density at radius 1 is 0.778 bits per heavy atom. The van der Waals surface area contributed by atoms with E-state index in [2.05, 4.69) is 104 Å². The lowest BCUT2D eigenvalue weighted by Crippen LogP contribution is -2.46. The molecule has 2 unspecified atom stereocenters. The van der Waals surface area contributed by atoms with Crippen LogP contribution in [0.2, 0.25) is 0 Å². The molecule has 0 saturated carbocycles. The zero-order valence-corrected chi connectivity index (χ0v) is 21.4. The van der Waals surface area contributed by atoms with Crippen LogP contribution in [0, 0.1) is 6.92 Å². The van der Waals surface area contributed by atoms with E-state index < -0.39 is 5.79 Å².